The van der Waals surface area contributed by atoms with Gasteiger partial charge in [0.1, 0.15) is 4.91 Å². The number of rotatable bonds is 5. The summed E-state index contributed by atoms with van der Waals surface area (Å²) < 4.78 is 9.53. The summed E-state index contributed by atoms with van der Waals surface area (Å²) in [5.74, 6) is -2.30. The Morgan fingerprint density at radius 2 is 1.43 bits per heavy atom. The van der Waals surface area contributed by atoms with Crippen molar-refractivity contribution in [3.63, 3.8) is 0 Å². The highest BCUT2D eigenvalue weighted by Gasteiger charge is 2.32. The second-order valence-corrected chi connectivity index (χ2v) is 6.81. The standard InChI is InChI=1S/C22H18O5S/c1-26-21(24)18(23)17-13-16(14-9-5-3-6-10-14)19(15-11-7-4-8-12-15)28-20(17)22(25)27-2/h3-13,25H,1-2H3/b22-20-. The predicted molar refractivity (Wildman–Crippen MR) is 109 cm³/mol. The molecule has 0 saturated carbocycles. The summed E-state index contributed by atoms with van der Waals surface area (Å²) in [5.41, 5.74) is 2.57. The molecule has 1 aliphatic heterocycles. The van der Waals surface area contributed by atoms with Crippen LogP contribution in [0.5, 0.6) is 0 Å². The molecule has 1 aliphatic rings. The Labute approximate surface area is 167 Å². The third-order valence-electron chi connectivity index (χ3n) is 4.11. The molecule has 1 heterocycles. The number of hydrogen-bond donors (Lipinski definition) is 1. The quantitative estimate of drug-likeness (QED) is 0.462. The number of ketones is 1. The lowest BCUT2D eigenvalue weighted by molar-refractivity contribution is -0.149. The van der Waals surface area contributed by atoms with Crippen molar-refractivity contribution in [3.8, 4) is 0 Å². The van der Waals surface area contributed by atoms with Crippen molar-refractivity contribution in [1.82, 2.24) is 0 Å². The molecule has 1 N–H and O–H groups in total. The van der Waals surface area contributed by atoms with Gasteiger partial charge in [0.05, 0.1) is 19.8 Å². The van der Waals surface area contributed by atoms with E-state index in [0.29, 0.717) is 0 Å². The summed E-state index contributed by atoms with van der Waals surface area (Å²) in [7, 11) is 2.43. The molecule has 0 aliphatic carbocycles. The number of benzene rings is 2. The van der Waals surface area contributed by atoms with Crippen LogP contribution in [0.2, 0.25) is 0 Å². The Morgan fingerprint density at radius 3 is 1.96 bits per heavy atom. The molecule has 0 unspecified atom stereocenters. The minimum atomic E-state index is -1.01. The first-order valence-corrected chi connectivity index (χ1v) is 9.23. The van der Waals surface area contributed by atoms with E-state index in [4.69, 9.17) is 4.74 Å². The molecule has 3 rings (SSSR count). The molecule has 28 heavy (non-hydrogen) atoms. The second-order valence-electron chi connectivity index (χ2n) is 5.79. The van der Waals surface area contributed by atoms with Gasteiger partial charge in [0.15, 0.2) is 0 Å². The summed E-state index contributed by atoms with van der Waals surface area (Å²) in [6.07, 6.45) is 1.60. The van der Waals surface area contributed by atoms with Gasteiger partial charge in [0, 0.05) is 4.91 Å². The fourth-order valence-corrected chi connectivity index (χ4v) is 3.92. The van der Waals surface area contributed by atoms with Crippen molar-refractivity contribution < 1.29 is 24.2 Å². The zero-order chi connectivity index (χ0) is 20.1. The predicted octanol–water partition coefficient (Wildman–Crippen LogP) is 4.34. The fraction of sp³-hybridized carbons (Fsp3) is 0.0909. The maximum absolute atomic E-state index is 12.6. The maximum atomic E-state index is 12.6. The number of esters is 1. The number of carbonyl (C=O) groups is 2. The van der Waals surface area contributed by atoms with Crippen LogP contribution in [0, 0.1) is 0 Å². The number of ether oxygens (including phenoxy) is 2. The van der Waals surface area contributed by atoms with Crippen molar-refractivity contribution in [3.05, 3.63) is 94.3 Å². The molecule has 142 valence electrons. The minimum absolute atomic E-state index is 0.0229. The van der Waals surface area contributed by atoms with Crippen LogP contribution in [0.3, 0.4) is 0 Å². The summed E-state index contributed by atoms with van der Waals surface area (Å²) in [5, 5.41) is 10.2. The maximum Gasteiger partial charge on any atom is 0.379 e. The van der Waals surface area contributed by atoms with Gasteiger partial charge in [0.2, 0.25) is 0 Å². The molecule has 0 amide bonds. The van der Waals surface area contributed by atoms with E-state index in [2.05, 4.69) is 4.74 Å². The third kappa shape index (κ3) is 3.87. The van der Waals surface area contributed by atoms with E-state index in [9.17, 15) is 14.7 Å². The number of carbonyl (C=O) groups excluding carboxylic acids is 2. The number of aliphatic hydroxyl groups is 1. The molecular weight excluding hydrogens is 376 g/mol. The number of Topliss-reactive ketones (excluding diaryl/α,β-unsaturated/α-hetero) is 1. The highest BCUT2D eigenvalue weighted by atomic mass is 32.2. The van der Waals surface area contributed by atoms with Crippen LogP contribution in [0.25, 0.3) is 10.5 Å². The fourth-order valence-electron chi connectivity index (χ4n) is 2.75. The van der Waals surface area contributed by atoms with Crippen molar-refractivity contribution in [1.29, 1.82) is 0 Å². The van der Waals surface area contributed by atoms with Gasteiger partial charge in [-0.1, -0.05) is 72.4 Å². The van der Waals surface area contributed by atoms with Gasteiger partial charge in [-0.2, -0.15) is 0 Å². The van der Waals surface area contributed by atoms with Crippen LogP contribution in [0.4, 0.5) is 0 Å². The molecule has 5 nitrogen and oxygen atoms in total. The number of thioether (sulfide) groups is 1. The van der Waals surface area contributed by atoms with E-state index in [0.717, 1.165) is 28.7 Å². The van der Waals surface area contributed by atoms with Crippen molar-refractivity contribution in [2.24, 2.45) is 0 Å². The van der Waals surface area contributed by atoms with Crippen LogP contribution in [-0.2, 0) is 19.1 Å². The normalized spacial score (nSPS) is 15.6. The molecule has 0 saturated heterocycles. The Hall–Kier alpha value is -3.25. The van der Waals surface area contributed by atoms with Gasteiger partial charge in [-0.3, -0.25) is 4.79 Å². The molecule has 6 heteroatoms. The molecule has 2 aromatic carbocycles. The Balaban J connectivity index is 2.28. The van der Waals surface area contributed by atoms with Crippen LogP contribution in [0.1, 0.15) is 11.1 Å². The van der Waals surface area contributed by atoms with Crippen LogP contribution >= 0.6 is 11.8 Å². The summed E-state index contributed by atoms with van der Waals surface area (Å²) >= 11 is 1.17. The Kier molecular flexibility index (Phi) is 6.01. The summed E-state index contributed by atoms with van der Waals surface area (Å²) in [6.45, 7) is 0. The van der Waals surface area contributed by atoms with Crippen LogP contribution in [0.15, 0.2) is 83.2 Å². The van der Waals surface area contributed by atoms with Crippen molar-refractivity contribution in [2.45, 2.75) is 0 Å². The minimum Gasteiger partial charge on any atom is -0.480 e. The highest BCUT2D eigenvalue weighted by Crippen LogP contribution is 2.48. The Morgan fingerprint density at radius 1 is 0.857 bits per heavy atom. The molecule has 0 radical (unpaired) electrons. The monoisotopic (exact) mass is 394 g/mol. The van der Waals surface area contributed by atoms with E-state index >= 15 is 0 Å². The van der Waals surface area contributed by atoms with Gasteiger partial charge in [-0.15, -0.1) is 0 Å². The summed E-state index contributed by atoms with van der Waals surface area (Å²) in [4.78, 5) is 25.5. The lowest BCUT2D eigenvalue weighted by Crippen LogP contribution is -2.20. The smallest absolute Gasteiger partial charge is 0.379 e. The molecule has 2 aromatic rings. The average Bonchev–Trinajstić information content (AvgIpc) is 2.77. The van der Waals surface area contributed by atoms with Crippen molar-refractivity contribution >= 4 is 34.0 Å². The highest BCUT2D eigenvalue weighted by molar-refractivity contribution is 8.12. The first kappa shape index (κ1) is 19.5. The van der Waals surface area contributed by atoms with Gasteiger partial charge in [0.25, 0.3) is 11.7 Å². The topological polar surface area (TPSA) is 72.8 Å². The average molecular weight is 394 g/mol. The third-order valence-corrected chi connectivity index (χ3v) is 5.36. The van der Waals surface area contributed by atoms with Crippen LogP contribution < -0.4 is 0 Å². The van der Waals surface area contributed by atoms with Gasteiger partial charge >= 0.3 is 5.97 Å². The van der Waals surface area contributed by atoms with E-state index in [1.807, 2.05) is 60.7 Å². The van der Waals surface area contributed by atoms with Gasteiger partial charge < -0.3 is 14.6 Å². The zero-order valence-corrected chi connectivity index (χ0v) is 16.2. The molecular formula is C22H18O5S. The SMILES string of the molecule is COC(=O)C(=O)C1=CC(c2ccccc2)=C(c2ccccc2)S/C1=C(/O)OC. The van der Waals surface area contributed by atoms with E-state index in [1.165, 1.54) is 18.9 Å². The van der Waals surface area contributed by atoms with E-state index < -0.39 is 17.7 Å². The molecule has 0 aromatic heterocycles. The Bertz CT molecular complexity index is 988. The second kappa shape index (κ2) is 8.63. The summed E-state index contributed by atoms with van der Waals surface area (Å²) in [6, 6.07) is 19.1. The molecule has 0 fully saturated rings. The molecule has 0 spiro atoms. The number of methoxy groups -OCH3 is 2. The molecule has 0 atom stereocenters. The zero-order valence-electron chi connectivity index (χ0n) is 15.3. The lowest BCUT2D eigenvalue weighted by Gasteiger charge is -2.22. The van der Waals surface area contributed by atoms with E-state index in [1.54, 1.807) is 6.08 Å². The van der Waals surface area contributed by atoms with Crippen LogP contribution in [-0.4, -0.2) is 31.1 Å². The van der Waals surface area contributed by atoms with Gasteiger partial charge in [-0.25, -0.2) is 4.79 Å². The van der Waals surface area contributed by atoms with Crippen molar-refractivity contribution in [2.75, 3.05) is 14.2 Å². The first-order valence-electron chi connectivity index (χ1n) is 8.41. The molecule has 0 bridgehead atoms. The van der Waals surface area contributed by atoms with E-state index in [-0.39, 0.29) is 10.5 Å². The largest absolute Gasteiger partial charge is 0.480 e. The number of aliphatic hydroxyl groups excluding tert-OH is 1. The first-order chi connectivity index (χ1) is 13.6. The lowest BCUT2D eigenvalue weighted by atomic mass is 9.97. The number of hydrogen-bond acceptors (Lipinski definition) is 6. The van der Waals surface area contributed by atoms with Gasteiger partial charge in [-0.05, 0) is 22.8 Å². The number of allylic oxidation sites excluding steroid dienone is 3.